The molecule has 0 amide bonds. The molecule has 0 heterocycles. The highest BCUT2D eigenvalue weighted by atomic mass is 32.2. The summed E-state index contributed by atoms with van der Waals surface area (Å²) in [7, 11) is 0. The fraction of sp³-hybridized carbons (Fsp3) is 0.143. The second-order valence-electron chi connectivity index (χ2n) is 3.58. The summed E-state index contributed by atoms with van der Waals surface area (Å²) in [6.45, 7) is 0.0582. The standard InChI is InChI=1S/C14H14O2S/c1-17-14-8-6-13(7-9-14)16-12-4-2-11(10-15)3-5-12/h2-9,15H,10H2,1H3. The van der Waals surface area contributed by atoms with Crippen LogP contribution in [0.25, 0.3) is 0 Å². The summed E-state index contributed by atoms with van der Waals surface area (Å²) >= 11 is 1.71. The van der Waals surface area contributed by atoms with Gasteiger partial charge in [0.2, 0.25) is 0 Å². The van der Waals surface area contributed by atoms with Crippen LogP contribution in [0.5, 0.6) is 11.5 Å². The first-order valence-electron chi connectivity index (χ1n) is 5.33. The summed E-state index contributed by atoms with van der Waals surface area (Å²) in [6.07, 6.45) is 2.05. The summed E-state index contributed by atoms with van der Waals surface area (Å²) in [6, 6.07) is 15.4. The zero-order valence-corrected chi connectivity index (χ0v) is 10.4. The monoisotopic (exact) mass is 246 g/mol. The van der Waals surface area contributed by atoms with Crippen LogP contribution in [0.4, 0.5) is 0 Å². The van der Waals surface area contributed by atoms with Gasteiger partial charge in [0.25, 0.3) is 0 Å². The molecule has 88 valence electrons. The molecule has 0 saturated carbocycles. The lowest BCUT2D eigenvalue weighted by Gasteiger charge is -2.06. The number of aliphatic hydroxyl groups is 1. The van der Waals surface area contributed by atoms with Crippen molar-refractivity contribution in [1.82, 2.24) is 0 Å². The van der Waals surface area contributed by atoms with Crippen molar-refractivity contribution < 1.29 is 9.84 Å². The van der Waals surface area contributed by atoms with Crippen LogP contribution >= 0.6 is 11.8 Å². The molecule has 0 aliphatic heterocycles. The second-order valence-corrected chi connectivity index (χ2v) is 4.46. The van der Waals surface area contributed by atoms with Gasteiger partial charge >= 0.3 is 0 Å². The van der Waals surface area contributed by atoms with Crippen molar-refractivity contribution in [2.24, 2.45) is 0 Å². The minimum atomic E-state index is 0.0582. The van der Waals surface area contributed by atoms with Gasteiger partial charge in [0, 0.05) is 4.90 Å². The average molecular weight is 246 g/mol. The second kappa shape index (κ2) is 5.75. The van der Waals surface area contributed by atoms with Crippen LogP contribution in [0.2, 0.25) is 0 Å². The first-order valence-corrected chi connectivity index (χ1v) is 6.56. The molecular weight excluding hydrogens is 232 g/mol. The van der Waals surface area contributed by atoms with Gasteiger partial charge in [-0.3, -0.25) is 0 Å². The molecule has 2 aromatic rings. The van der Waals surface area contributed by atoms with Crippen LogP contribution in [0.3, 0.4) is 0 Å². The highest BCUT2D eigenvalue weighted by molar-refractivity contribution is 7.98. The molecule has 0 saturated heterocycles. The van der Waals surface area contributed by atoms with E-state index in [0.29, 0.717) is 0 Å². The van der Waals surface area contributed by atoms with Gasteiger partial charge in [0.1, 0.15) is 11.5 Å². The van der Waals surface area contributed by atoms with E-state index in [9.17, 15) is 0 Å². The maximum absolute atomic E-state index is 8.93. The van der Waals surface area contributed by atoms with E-state index in [1.807, 2.05) is 54.8 Å². The van der Waals surface area contributed by atoms with Crippen molar-refractivity contribution in [3.05, 3.63) is 54.1 Å². The van der Waals surface area contributed by atoms with Crippen LogP contribution in [-0.4, -0.2) is 11.4 Å². The molecule has 0 aliphatic rings. The molecule has 0 bridgehead atoms. The molecule has 0 fully saturated rings. The largest absolute Gasteiger partial charge is 0.457 e. The Morgan fingerprint density at radius 3 is 1.94 bits per heavy atom. The van der Waals surface area contributed by atoms with Crippen molar-refractivity contribution in [3.8, 4) is 11.5 Å². The van der Waals surface area contributed by atoms with E-state index >= 15 is 0 Å². The molecule has 0 unspecified atom stereocenters. The van der Waals surface area contributed by atoms with Gasteiger partial charge in [0.05, 0.1) is 6.61 Å². The van der Waals surface area contributed by atoms with E-state index in [1.165, 1.54) is 4.90 Å². The third-order valence-corrected chi connectivity index (χ3v) is 3.14. The lowest BCUT2D eigenvalue weighted by molar-refractivity contribution is 0.281. The molecule has 3 heteroatoms. The molecule has 2 rings (SSSR count). The Kier molecular flexibility index (Phi) is 4.07. The van der Waals surface area contributed by atoms with Crippen LogP contribution in [0.1, 0.15) is 5.56 Å². The summed E-state index contributed by atoms with van der Waals surface area (Å²) < 4.78 is 5.69. The van der Waals surface area contributed by atoms with Gasteiger partial charge in [-0.15, -0.1) is 11.8 Å². The molecular formula is C14H14O2S. The third-order valence-electron chi connectivity index (χ3n) is 2.40. The Morgan fingerprint density at radius 2 is 1.47 bits per heavy atom. The van der Waals surface area contributed by atoms with Crippen molar-refractivity contribution in [2.45, 2.75) is 11.5 Å². The Bertz CT molecular complexity index is 417. The SMILES string of the molecule is CSc1ccc(Oc2ccc(CO)cc2)cc1. The van der Waals surface area contributed by atoms with E-state index in [0.717, 1.165) is 17.1 Å². The number of hydrogen-bond donors (Lipinski definition) is 1. The first kappa shape index (κ1) is 12.0. The Balaban J connectivity index is 2.08. The minimum absolute atomic E-state index is 0.0582. The number of rotatable bonds is 4. The van der Waals surface area contributed by atoms with Crippen molar-refractivity contribution >= 4 is 11.8 Å². The number of aliphatic hydroxyl groups excluding tert-OH is 1. The molecule has 0 spiro atoms. The topological polar surface area (TPSA) is 29.5 Å². The van der Waals surface area contributed by atoms with Gasteiger partial charge in [-0.1, -0.05) is 12.1 Å². The Labute approximate surface area is 105 Å². The maximum atomic E-state index is 8.93. The highest BCUT2D eigenvalue weighted by Gasteiger charge is 1.98. The van der Waals surface area contributed by atoms with E-state index in [2.05, 4.69) is 0 Å². The van der Waals surface area contributed by atoms with Gasteiger partial charge in [0.15, 0.2) is 0 Å². The lowest BCUT2D eigenvalue weighted by Crippen LogP contribution is -1.86. The molecule has 1 N–H and O–H groups in total. The molecule has 0 aromatic heterocycles. The van der Waals surface area contributed by atoms with Crippen LogP contribution in [0, 0.1) is 0 Å². The normalized spacial score (nSPS) is 10.2. The molecule has 2 aromatic carbocycles. The molecule has 17 heavy (non-hydrogen) atoms. The predicted molar refractivity (Wildman–Crippen MR) is 70.7 cm³/mol. The van der Waals surface area contributed by atoms with Crippen LogP contribution in [0.15, 0.2) is 53.4 Å². The summed E-state index contributed by atoms with van der Waals surface area (Å²) in [4.78, 5) is 1.22. The maximum Gasteiger partial charge on any atom is 0.127 e. The molecule has 0 aliphatic carbocycles. The first-order chi connectivity index (χ1) is 8.31. The van der Waals surface area contributed by atoms with Gasteiger partial charge < -0.3 is 9.84 Å². The van der Waals surface area contributed by atoms with Crippen LogP contribution < -0.4 is 4.74 Å². The fourth-order valence-corrected chi connectivity index (χ4v) is 1.85. The van der Waals surface area contributed by atoms with E-state index in [1.54, 1.807) is 11.8 Å². The zero-order valence-electron chi connectivity index (χ0n) is 9.59. The smallest absolute Gasteiger partial charge is 0.127 e. The summed E-state index contributed by atoms with van der Waals surface area (Å²) in [5.41, 5.74) is 0.884. The van der Waals surface area contributed by atoms with Gasteiger partial charge in [-0.25, -0.2) is 0 Å². The van der Waals surface area contributed by atoms with Gasteiger partial charge in [-0.05, 0) is 48.2 Å². The zero-order chi connectivity index (χ0) is 12.1. The van der Waals surface area contributed by atoms with E-state index in [4.69, 9.17) is 9.84 Å². The number of ether oxygens (including phenoxy) is 1. The van der Waals surface area contributed by atoms with Gasteiger partial charge in [-0.2, -0.15) is 0 Å². The van der Waals surface area contributed by atoms with E-state index < -0.39 is 0 Å². The summed E-state index contributed by atoms with van der Waals surface area (Å²) in [5, 5.41) is 8.93. The molecule has 2 nitrogen and oxygen atoms in total. The third kappa shape index (κ3) is 3.25. The number of hydrogen-bond acceptors (Lipinski definition) is 3. The lowest BCUT2D eigenvalue weighted by atomic mass is 10.2. The fourth-order valence-electron chi connectivity index (χ4n) is 1.44. The van der Waals surface area contributed by atoms with Crippen molar-refractivity contribution in [1.29, 1.82) is 0 Å². The van der Waals surface area contributed by atoms with Crippen LogP contribution in [-0.2, 0) is 6.61 Å². The summed E-state index contributed by atoms with van der Waals surface area (Å²) in [5.74, 6) is 1.60. The molecule has 0 radical (unpaired) electrons. The van der Waals surface area contributed by atoms with Crippen molar-refractivity contribution in [3.63, 3.8) is 0 Å². The van der Waals surface area contributed by atoms with E-state index in [-0.39, 0.29) is 6.61 Å². The average Bonchev–Trinajstić information content (AvgIpc) is 2.40. The Morgan fingerprint density at radius 1 is 0.941 bits per heavy atom. The predicted octanol–water partition coefficient (Wildman–Crippen LogP) is 3.69. The molecule has 0 atom stereocenters. The minimum Gasteiger partial charge on any atom is -0.457 e. The highest BCUT2D eigenvalue weighted by Crippen LogP contribution is 2.24. The number of benzene rings is 2. The number of thioether (sulfide) groups is 1. The Hall–Kier alpha value is -1.45. The van der Waals surface area contributed by atoms with Crippen molar-refractivity contribution in [2.75, 3.05) is 6.26 Å². The quantitative estimate of drug-likeness (QED) is 0.834.